The van der Waals surface area contributed by atoms with E-state index in [0.29, 0.717) is 19.8 Å². The van der Waals surface area contributed by atoms with Gasteiger partial charge in [-0.3, -0.25) is 4.79 Å². The molecule has 0 fully saturated rings. The van der Waals surface area contributed by atoms with Crippen molar-refractivity contribution in [3.05, 3.63) is 65.4 Å². The average Bonchev–Trinajstić information content (AvgIpc) is 3.09. The molecule has 2 aromatic carbocycles. The molecule has 136 valence electrons. The fourth-order valence-electron chi connectivity index (χ4n) is 3.79. The maximum Gasteiger partial charge on any atom is 0.246 e. The molecule has 1 aromatic heterocycles. The number of H-pyrrole nitrogens is 1. The molecule has 0 radical (unpaired) electrons. The van der Waals surface area contributed by atoms with Crippen LogP contribution >= 0.6 is 0 Å². The zero-order valence-corrected chi connectivity index (χ0v) is 14.9. The molecule has 0 spiro atoms. The molecule has 27 heavy (non-hydrogen) atoms. The lowest BCUT2D eigenvalue weighted by atomic mass is 10.0. The van der Waals surface area contributed by atoms with Gasteiger partial charge >= 0.3 is 0 Å². The second kappa shape index (κ2) is 6.50. The Balaban J connectivity index is 1.34. The van der Waals surface area contributed by atoms with E-state index in [-0.39, 0.29) is 5.91 Å². The van der Waals surface area contributed by atoms with Crippen LogP contribution in [0, 0.1) is 0 Å². The predicted molar refractivity (Wildman–Crippen MR) is 104 cm³/mol. The summed E-state index contributed by atoms with van der Waals surface area (Å²) in [6.07, 6.45) is 4.34. The Morgan fingerprint density at radius 3 is 2.85 bits per heavy atom. The third-order valence-corrected chi connectivity index (χ3v) is 5.18. The summed E-state index contributed by atoms with van der Waals surface area (Å²) in [6, 6.07) is 14.0. The van der Waals surface area contributed by atoms with Gasteiger partial charge in [-0.05, 0) is 29.8 Å². The van der Waals surface area contributed by atoms with Gasteiger partial charge in [0.05, 0.1) is 0 Å². The number of nitrogens with zero attached hydrogens (tertiary/aromatic N) is 1. The van der Waals surface area contributed by atoms with Crippen LogP contribution in [0.5, 0.6) is 11.5 Å². The van der Waals surface area contributed by atoms with Crippen LogP contribution in [0.4, 0.5) is 0 Å². The van der Waals surface area contributed by atoms with Gasteiger partial charge in [-0.15, -0.1) is 0 Å². The van der Waals surface area contributed by atoms with Gasteiger partial charge in [0.15, 0.2) is 11.5 Å². The number of aromatic amines is 1. The highest BCUT2D eigenvalue weighted by atomic mass is 16.6. The summed E-state index contributed by atoms with van der Waals surface area (Å²) in [5, 5.41) is 1.21. The van der Waals surface area contributed by atoms with Crippen molar-refractivity contribution in [2.24, 2.45) is 0 Å². The monoisotopic (exact) mass is 360 g/mol. The largest absolute Gasteiger partial charge is 0.486 e. The molecule has 2 aliphatic heterocycles. The molecule has 3 heterocycles. The van der Waals surface area contributed by atoms with Crippen LogP contribution in [0.15, 0.2) is 48.5 Å². The van der Waals surface area contributed by atoms with Gasteiger partial charge in [-0.1, -0.05) is 24.3 Å². The minimum atomic E-state index is 0.0285. The van der Waals surface area contributed by atoms with Crippen LogP contribution in [0.3, 0.4) is 0 Å². The first kappa shape index (κ1) is 16.0. The lowest BCUT2D eigenvalue weighted by molar-refractivity contribution is -0.126. The van der Waals surface area contributed by atoms with Crippen LogP contribution in [-0.2, 0) is 17.8 Å². The smallest absolute Gasteiger partial charge is 0.246 e. The van der Waals surface area contributed by atoms with Crippen molar-refractivity contribution in [1.29, 1.82) is 0 Å². The van der Waals surface area contributed by atoms with Crippen LogP contribution in [0.25, 0.3) is 17.0 Å². The number of rotatable bonds is 2. The van der Waals surface area contributed by atoms with Crippen LogP contribution in [0.1, 0.15) is 16.8 Å². The first-order chi connectivity index (χ1) is 13.3. The van der Waals surface area contributed by atoms with E-state index in [1.807, 2.05) is 41.3 Å². The molecule has 5 rings (SSSR count). The van der Waals surface area contributed by atoms with E-state index in [1.165, 1.54) is 16.6 Å². The summed E-state index contributed by atoms with van der Waals surface area (Å²) in [6.45, 7) is 2.50. The van der Waals surface area contributed by atoms with Crippen LogP contribution in [0.2, 0.25) is 0 Å². The third kappa shape index (κ3) is 2.95. The lowest BCUT2D eigenvalue weighted by Gasteiger charge is -2.26. The highest BCUT2D eigenvalue weighted by Crippen LogP contribution is 2.31. The summed E-state index contributed by atoms with van der Waals surface area (Å²) in [5.74, 6) is 1.52. The molecular formula is C22H20N2O3. The van der Waals surface area contributed by atoms with Gasteiger partial charge in [0.1, 0.15) is 13.2 Å². The first-order valence-electron chi connectivity index (χ1n) is 9.23. The number of fused-ring (bicyclic) bond motifs is 4. The van der Waals surface area contributed by atoms with Crippen molar-refractivity contribution < 1.29 is 14.3 Å². The Labute approximate surface area is 157 Å². The standard InChI is InChI=1S/C22H20N2O3/c25-22(8-6-15-5-7-20-21(13-15)27-12-11-26-20)24-10-9-19-17(14-24)16-3-1-2-4-18(16)23-19/h1-8,13,23H,9-12,14H2. The van der Waals surface area contributed by atoms with Gasteiger partial charge in [0, 0.05) is 47.7 Å². The number of ether oxygens (including phenoxy) is 2. The number of amides is 1. The average molecular weight is 360 g/mol. The zero-order chi connectivity index (χ0) is 18.2. The van der Waals surface area contributed by atoms with E-state index in [4.69, 9.17) is 9.47 Å². The number of nitrogens with one attached hydrogen (secondary N) is 1. The first-order valence-corrected chi connectivity index (χ1v) is 9.23. The van der Waals surface area contributed by atoms with E-state index >= 15 is 0 Å². The van der Waals surface area contributed by atoms with Gasteiger partial charge in [0.25, 0.3) is 0 Å². The highest BCUT2D eigenvalue weighted by molar-refractivity contribution is 5.93. The van der Waals surface area contributed by atoms with Crippen molar-refractivity contribution in [2.45, 2.75) is 13.0 Å². The normalized spacial score (nSPS) is 15.9. The fourth-order valence-corrected chi connectivity index (χ4v) is 3.79. The Morgan fingerprint density at radius 1 is 1.07 bits per heavy atom. The quantitative estimate of drug-likeness (QED) is 0.711. The van der Waals surface area contributed by atoms with E-state index in [1.54, 1.807) is 6.08 Å². The van der Waals surface area contributed by atoms with Gasteiger partial charge in [-0.25, -0.2) is 0 Å². The summed E-state index contributed by atoms with van der Waals surface area (Å²) in [7, 11) is 0. The molecule has 0 atom stereocenters. The highest BCUT2D eigenvalue weighted by Gasteiger charge is 2.22. The molecule has 5 heteroatoms. The lowest BCUT2D eigenvalue weighted by Crippen LogP contribution is -2.34. The Bertz CT molecular complexity index is 1050. The minimum absolute atomic E-state index is 0.0285. The molecule has 0 bridgehead atoms. The van der Waals surface area contributed by atoms with E-state index in [0.717, 1.165) is 35.5 Å². The van der Waals surface area contributed by atoms with E-state index in [9.17, 15) is 4.79 Å². The summed E-state index contributed by atoms with van der Waals surface area (Å²) >= 11 is 0. The number of hydrogen-bond acceptors (Lipinski definition) is 3. The molecule has 0 saturated carbocycles. The van der Waals surface area contributed by atoms with Crippen LogP contribution < -0.4 is 9.47 Å². The number of para-hydroxylation sites is 1. The summed E-state index contributed by atoms with van der Waals surface area (Å²) < 4.78 is 11.1. The molecule has 0 unspecified atom stereocenters. The molecule has 1 amide bonds. The number of hydrogen-bond donors (Lipinski definition) is 1. The number of benzene rings is 2. The topological polar surface area (TPSA) is 54.6 Å². The molecule has 0 aliphatic carbocycles. The Kier molecular flexibility index (Phi) is 3.85. The molecule has 1 N–H and O–H groups in total. The molecule has 5 nitrogen and oxygen atoms in total. The Morgan fingerprint density at radius 2 is 1.93 bits per heavy atom. The molecule has 2 aliphatic rings. The number of aromatic nitrogens is 1. The van der Waals surface area contributed by atoms with Gasteiger partial charge < -0.3 is 19.4 Å². The van der Waals surface area contributed by atoms with E-state index < -0.39 is 0 Å². The predicted octanol–water partition coefficient (Wildman–Crippen LogP) is 3.54. The Hall–Kier alpha value is -3.21. The maximum atomic E-state index is 12.7. The van der Waals surface area contributed by atoms with Crippen molar-refractivity contribution in [3.63, 3.8) is 0 Å². The third-order valence-electron chi connectivity index (χ3n) is 5.18. The maximum absolute atomic E-state index is 12.7. The number of carbonyl (C=O) groups excluding carboxylic acids is 1. The number of carbonyl (C=O) groups is 1. The second-order valence-electron chi connectivity index (χ2n) is 6.87. The minimum Gasteiger partial charge on any atom is -0.486 e. The van der Waals surface area contributed by atoms with Gasteiger partial charge in [0.2, 0.25) is 5.91 Å². The zero-order valence-electron chi connectivity index (χ0n) is 14.9. The van der Waals surface area contributed by atoms with Gasteiger partial charge in [-0.2, -0.15) is 0 Å². The van der Waals surface area contributed by atoms with Crippen molar-refractivity contribution >= 4 is 22.9 Å². The molecule has 0 saturated heterocycles. The molecular weight excluding hydrogens is 340 g/mol. The summed E-state index contributed by atoms with van der Waals surface area (Å²) in [5.41, 5.74) is 4.55. The fraction of sp³-hybridized carbons (Fsp3) is 0.227. The molecule has 3 aromatic rings. The second-order valence-corrected chi connectivity index (χ2v) is 6.87. The van der Waals surface area contributed by atoms with E-state index in [2.05, 4.69) is 17.1 Å². The summed E-state index contributed by atoms with van der Waals surface area (Å²) in [4.78, 5) is 18.1. The SMILES string of the molecule is O=C(C=Cc1ccc2c(c1)OCCO2)N1CCc2[nH]c3ccccc3c2C1. The van der Waals surface area contributed by atoms with Crippen LogP contribution in [-0.4, -0.2) is 35.5 Å². The van der Waals surface area contributed by atoms with Crippen molar-refractivity contribution in [2.75, 3.05) is 19.8 Å². The van der Waals surface area contributed by atoms with Crippen molar-refractivity contribution in [3.8, 4) is 11.5 Å². The van der Waals surface area contributed by atoms with Crippen molar-refractivity contribution in [1.82, 2.24) is 9.88 Å².